The number of cyclic esters (lactones) is 1. The van der Waals surface area contributed by atoms with Crippen molar-refractivity contribution in [3.8, 4) is 11.8 Å². The molecule has 0 bridgehead atoms. The first kappa shape index (κ1) is 24.0. The second-order valence-electron chi connectivity index (χ2n) is 8.61. The molecule has 9 heteroatoms. The first-order chi connectivity index (χ1) is 16.3. The molecule has 2 aromatic rings. The molecule has 0 N–H and O–H groups in total. The lowest BCUT2D eigenvalue weighted by Crippen LogP contribution is -2.59. The van der Waals surface area contributed by atoms with Gasteiger partial charge in [-0.25, -0.2) is 4.79 Å². The van der Waals surface area contributed by atoms with E-state index in [1.807, 2.05) is 17.0 Å². The van der Waals surface area contributed by atoms with Gasteiger partial charge in [0.2, 0.25) is 0 Å². The molecule has 2 aliphatic rings. The lowest BCUT2D eigenvalue weighted by Gasteiger charge is -2.42. The number of methoxy groups -OCH3 is 1. The minimum atomic E-state index is -4.32. The first-order valence-electron chi connectivity index (χ1n) is 11.2. The summed E-state index contributed by atoms with van der Waals surface area (Å²) in [6.45, 7) is 1.80. The Morgan fingerprint density at radius 2 is 1.85 bits per heavy atom. The predicted molar refractivity (Wildman–Crippen MR) is 119 cm³/mol. The third kappa shape index (κ3) is 5.34. The Labute approximate surface area is 196 Å². The maximum atomic E-state index is 13.9. The summed E-state index contributed by atoms with van der Waals surface area (Å²) in [4.78, 5) is 14.9. The van der Waals surface area contributed by atoms with Crippen molar-refractivity contribution in [2.45, 2.75) is 31.7 Å². The van der Waals surface area contributed by atoms with Crippen LogP contribution in [-0.2, 0) is 24.2 Å². The molecule has 0 spiro atoms. The number of halogens is 3. The van der Waals surface area contributed by atoms with Crippen LogP contribution < -0.4 is 4.74 Å². The van der Waals surface area contributed by atoms with Gasteiger partial charge in [0, 0.05) is 38.3 Å². The number of carbonyl (C=O) groups is 1. The molecule has 6 nitrogen and oxygen atoms in total. The summed E-state index contributed by atoms with van der Waals surface area (Å²) < 4.78 is 51.9. The highest BCUT2D eigenvalue weighted by molar-refractivity contribution is 5.93. The number of fused-ring (bicyclic) bond motifs is 1. The molecule has 0 radical (unpaired) electrons. The molecule has 34 heavy (non-hydrogen) atoms. The van der Waals surface area contributed by atoms with E-state index in [-0.39, 0.29) is 19.1 Å². The van der Waals surface area contributed by atoms with Crippen molar-refractivity contribution in [2.75, 3.05) is 39.8 Å². The van der Waals surface area contributed by atoms with E-state index in [0.29, 0.717) is 55.9 Å². The summed E-state index contributed by atoms with van der Waals surface area (Å²) in [6.07, 6.45) is -3.28. The Bertz CT molecular complexity index is 1100. The number of alkyl halides is 3. The lowest BCUT2D eigenvalue weighted by atomic mass is 10.0. The summed E-state index contributed by atoms with van der Waals surface area (Å²) in [5.74, 6) is 0.120. The predicted octanol–water partition coefficient (Wildman–Crippen LogP) is 3.57. The van der Waals surface area contributed by atoms with Crippen LogP contribution in [0.4, 0.5) is 13.2 Å². The zero-order valence-electron chi connectivity index (χ0n) is 18.9. The first-order valence-corrected chi connectivity index (χ1v) is 11.2. The number of hydrogen-bond acceptors (Lipinski definition) is 6. The van der Waals surface area contributed by atoms with Gasteiger partial charge < -0.3 is 9.47 Å². The number of piperazine rings is 1. The summed E-state index contributed by atoms with van der Waals surface area (Å²) in [7, 11) is 1.49. The van der Waals surface area contributed by atoms with E-state index >= 15 is 0 Å². The van der Waals surface area contributed by atoms with E-state index in [2.05, 4.69) is 6.07 Å². The second kappa shape index (κ2) is 10.0. The third-order valence-corrected chi connectivity index (χ3v) is 6.49. The van der Waals surface area contributed by atoms with Gasteiger partial charge in [0.1, 0.15) is 24.5 Å². The average molecular weight is 473 g/mol. The Hall–Kier alpha value is -3.09. The van der Waals surface area contributed by atoms with Crippen molar-refractivity contribution in [3.63, 3.8) is 0 Å². The minimum absolute atomic E-state index is 0.0799. The Kier molecular flexibility index (Phi) is 7.10. The molecule has 1 fully saturated rings. The monoisotopic (exact) mass is 473 g/mol. The molecular weight excluding hydrogens is 447 g/mol. The van der Waals surface area contributed by atoms with Crippen LogP contribution in [0.5, 0.6) is 5.75 Å². The fourth-order valence-electron chi connectivity index (χ4n) is 4.54. The highest BCUT2D eigenvalue weighted by Crippen LogP contribution is 2.29. The van der Waals surface area contributed by atoms with E-state index in [4.69, 9.17) is 14.7 Å². The van der Waals surface area contributed by atoms with Crippen LogP contribution in [0, 0.1) is 11.3 Å². The number of rotatable bonds is 7. The summed E-state index contributed by atoms with van der Waals surface area (Å²) in [6, 6.07) is 11.1. The SMILES string of the molecule is COc1cc(CCN2CCN(CCc3ccc4c(c3)COC4=O)C(C(F)(F)F)C2)ccc1C#N. The molecule has 0 amide bonds. The molecule has 2 aliphatic heterocycles. The summed E-state index contributed by atoms with van der Waals surface area (Å²) in [5.41, 5.74) is 3.57. The van der Waals surface area contributed by atoms with Gasteiger partial charge in [-0.2, -0.15) is 18.4 Å². The van der Waals surface area contributed by atoms with Gasteiger partial charge in [0.25, 0.3) is 0 Å². The molecule has 0 aliphatic carbocycles. The normalized spacial score (nSPS) is 18.9. The zero-order chi connectivity index (χ0) is 24.3. The van der Waals surface area contributed by atoms with Gasteiger partial charge in [-0.3, -0.25) is 9.80 Å². The number of benzene rings is 2. The van der Waals surface area contributed by atoms with Gasteiger partial charge in [0.05, 0.1) is 18.2 Å². The van der Waals surface area contributed by atoms with Crippen molar-refractivity contribution < 1.29 is 27.4 Å². The van der Waals surface area contributed by atoms with Crippen molar-refractivity contribution in [1.82, 2.24) is 9.80 Å². The van der Waals surface area contributed by atoms with Crippen LogP contribution in [0.25, 0.3) is 0 Å². The van der Waals surface area contributed by atoms with E-state index in [9.17, 15) is 18.0 Å². The van der Waals surface area contributed by atoms with Crippen molar-refractivity contribution in [3.05, 3.63) is 64.2 Å². The molecule has 0 aromatic heterocycles. The van der Waals surface area contributed by atoms with Crippen molar-refractivity contribution in [1.29, 1.82) is 5.26 Å². The molecule has 4 rings (SSSR count). The third-order valence-electron chi connectivity index (χ3n) is 6.49. The Morgan fingerprint density at radius 3 is 2.59 bits per heavy atom. The van der Waals surface area contributed by atoms with Crippen molar-refractivity contribution >= 4 is 5.97 Å². The van der Waals surface area contributed by atoms with Crippen molar-refractivity contribution in [2.24, 2.45) is 0 Å². The highest BCUT2D eigenvalue weighted by Gasteiger charge is 2.46. The van der Waals surface area contributed by atoms with Gasteiger partial charge >= 0.3 is 12.1 Å². The highest BCUT2D eigenvalue weighted by atomic mass is 19.4. The second-order valence-corrected chi connectivity index (χ2v) is 8.61. The van der Waals surface area contributed by atoms with E-state index in [1.54, 1.807) is 24.3 Å². The fraction of sp³-hybridized carbons (Fsp3) is 0.440. The largest absolute Gasteiger partial charge is 0.495 e. The number of ether oxygens (including phenoxy) is 2. The van der Waals surface area contributed by atoms with Crippen LogP contribution in [0.3, 0.4) is 0 Å². The minimum Gasteiger partial charge on any atom is -0.495 e. The van der Waals surface area contributed by atoms with Crippen LogP contribution >= 0.6 is 0 Å². The molecule has 1 saturated heterocycles. The summed E-state index contributed by atoms with van der Waals surface area (Å²) >= 11 is 0. The number of hydrogen-bond donors (Lipinski definition) is 0. The van der Waals surface area contributed by atoms with E-state index in [1.165, 1.54) is 12.0 Å². The van der Waals surface area contributed by atoms with Crippen LogP contribution in [0.15, 0.2) is 36.4 Å². The van der Waals surface area contributed by atoms with Crippen LogP contribution in [-0.4, -0.2) is 67.8 Å². The summed E-state index contributed by atoms with van der Waals surface area (Å²) in [5, 5.41) is 9.10. The number of esters is 1. The fourth-order valence-corrected chi connectivity index (χ4v) is 4.54. The maximum absolute atomic E-state index is 13.9. The lowest BCUT2D eigenvalue weighted by molar-refractivity contribution is -0.197. The Morgan fingerprint density at radius 1 is 1.12 bits per heavy atom. The van der Waals surface area contributed by atoms with Gasteiger partial charge in [0.15, 0.2) is 0 Å². The van der Waals surface area contributed by atoms with Crippen LogP contribution in [0.1, 0.15) is 32.6 Å². The van der Waals surface area contributed by atoms with Crippen LogP contribution in [0.2, 0.25) is 0 Å². The number of nitriles is 1. The molecule has 2 aromatic carbocycles. The molecule has 1 atom stereocenters. The maximum Gasteiger partial charge on any atom is 0.405 e. The van der Waals surface area contributed by atoms with Gasteiger partial charge in [-0.1, -0.05) is 18.2 Å². The molecule has 1 unspecified atom stereocenters. The topological polar surface area (TPSA) is 65.8 Å². The standard InChI is InChI=1S/C25H26F3N3O3/c1-33-22-13-18(2-4-19(22)14-29)6-8-30-10-11-31(23(15-30)25(26,27)28)9-7-17-3-5-21-20(12-17)16-34-24(21)32/h2-5,12-13,23H,6-11,15-16H2,1H3. The molecular formula is C25H26F3N3O3. The van der Waals surface area contributed by atoms with E-state index < -0.39 is 12.2 Å². The zero-order valence-corrected chi connectivity index (χ0v) is 18.9. The van der Waals surface area contributed by atoms with Gasteiger partial charge in [-0.15, -0.1) is 0 Å². The van der Waals surface area contributed by atoms with E-state index in [0.717, 1.165) is 16.7 Å². The molecule has 180 valence electrons. The smallest absolute Gasteiger partial charge is 0.405 e. The Balaban J connectivity index is 1.36. The average Bonchev–Trinajstić information content (AvgIpc) is 3.20. The molecule has 2 heterocycles. The quantitative estimate of drug-likeness (QED) is 0.573. The number of nitrogens with zero attached hydrogens (tertiary/aromatic N) is 3. The van der Waals surface area contributed by atoms with Gasteiger partial charge in [-0.05, 0) is 42.2 Å². The number of carbonyl (C=O) groups excluding carboxylic acids is 1. The molecule has 0 saturated carbocycles.